The van der Waals surface area contributed by atoms with Crippen LogP contribution >= 0.6 is 0 Å². The number of esters is 1. The number of hydrogen-bond acceptors (Lipinski definition) is 7. The first-order valence-electron chi connectivity index (χ1n) is 7.35. The minimum atomic E-state index is -3.53. The van der Waals surface area contributed by atoms with Gasteiger partial charge in [0, 0.05) is 12.8 Å². The molecule has 1 N–H and O–H groups in total. The van der Waals surface area contributed by atoms with E-state index in [-0.39, 0.29) is 26.1 Å². The smallest absolute Gasteiger partial charge is 0.408 e. The first kappa shape index (κ1) is 18.2. The van der Waals surface area contributed by atoms with Crippen LogP contribution in [0.15, 0.2) is 30.3 Å². The van der Waals surface area contributed by atoms with Gasteiger partial charge in [-0.3, -0.25) is 4.18 Å². The van der Waals surface area contributed by atoms with Crippen molar-refractivity contribution in [2.45, 2.75) is 31.6 Å². The second-order valence-electron chi connectivity index (χ2n) is 5.37. The molecular formula is C15H19NO7S. The summed E-state index contributed by atoms with van der Waals surface area (Å²) in [5.74, 6) is -0.573. The number of carbonyl (C=O) groups excluding carboxylic acids is 2. The lowest BCUT2D eigenvalue weighted by molar-refractivity contribution is -0.143. The van der Waals surface area contributed by atoms with E-state index in [1.54, 1.807) is 0 Å². The Balaban J connectivity index is 1.72. The van der Waals surface area contributed by atoms with Gasteiger partial charge in [-0.25, -0.2) is 9.59 Å². The lowest BCUT2D eigenvalue weighted by atomic mass is 10.1. The van der Waals surface area contributed by atoms with Crippen LogP contribution < -0.4 is 5.32 Å². The summed E-state index contributed by atoms with van der Waals surface area (Å²) in [7, 11) is -3.53. The molecule has 1 fully saturated rings. The Labute approximate surface area is 140 Å². The van der Waals surface area contributed by atoms with Gasteiger partial charge >= 0.3 is 12.1 Å². The summed E-state index contributed by atoms with van der Waals surface area (Å²) in [6.45, 7) is 0.0159. The van der Waals surface area contributed by atoms with Gasteiger partial charge in [0.25, 0.3) is 10.1 Å². The van der Waals surface area contributed by atoms with Crippen LogP contribution in [0.1, 0.15) is 18.4 Å². The van der Waals surface area contributed by atoms with Crippen molar-refractivity contribution >= 4 is 22.2 Å². The number of rotatable bonds is 7. The average Bonchev–Trinajstić information content (AvgIpc) is 2.85. The van der Waals surface area contributed by atoms with E-state index < -0.39 is 34.3 Å². The molecule has 0 aliphatic carbocycles. The molecule has 0 saturated carbocycles. The topological polar surface area (TPSA) is 108 Å². The number of amides is 1. The van der Waals surface area contributed by atoms with Crippen LogP contribution in [0, 0.1) is 0 Å². The fourth-order valence-electron chi connectivity index (χ4n) is 2.19. The SMILES string of the molecule is CS(=O)(=O)OCC[C@H]1C[C@@H](NC(=O)OCc2ccccc2)C(=O)O1. The Morgan fingerprint density at radius 2 is 2.04 bits per heavy atom. The minimum absolute atomic E-state index is 0.0814. The molecule has 1 aliphatic rings. The number of ether oxygens (including phenoxy) is 2. The van der Waals surface area contributed by atoms with Crippen molar-refractivity contribution in [2.75, 3.05) is 12.9 Å². The van der Waals surface area contributed by atoms with E-state index in [1.807, 2.05) is 30.3 Å². The second-order valence-corrected chi connectivity index (χ2v) is 7.01. The number of alkyl carbamates (subject to hydrolysis) is 1. The lowest BCUT2D eigenvalue weighted by Crippen LogP contribution is -2.38. The summed E-state index contributed by atoms with van der Waals surface area (Å²) in [6, 6.07) is 8.33. The maximum absolute atomic E-state index is 11.7. The highest BCUT2D eigenvalue weighted by atomic mass is 32.2. The van der Waals surface area contributed by atoms with E-state index in [4.69, 9.17) is 9.47 Å². The quantitative estimate of drug-likeness (QED) is 0.572. The largest absolute Gasteiger partial charge is 0.461 e. The van der Waals surface area contributed by atoms with Crippen molar-refractivity contribution < 1.29 is 31.7 Å². The zero-order valence-electron chi connectivity index (χ0n) is 13.1. The normalized spacial score (nSPS) is 20.5. The van der Waals surface area contributed by atoms with Gasteiger partial charge < -0.3 is 14.8 Å². The van der Waals surface area contributed by atoms with Gasteiger partial charge in [-0.1, -0.05) is 30.3 Å². The van der Waals surface area contributed by atoms with Crippen LogP contribution in [-0.2, 0) is 35.2 Å². The molecule has 132 valence electrons. The van der Waals surface area contributed by atoms with Crippen LogP contribution in [-0.4, -0.2) is 45.5 Å². The monoisotopic (exact) mass is 357 g/mol. The first-order valence-corrected chi connectivity index (χ1v) is 9.17. The van der Waals surface area contributed by atoms with Crippen molar-refractivity contribution in [3.63, 3.8) is 0 Å². The third kappa shape index (κ3) is 6.17. The number of cyclic esters (lactones) is 1. The molecule has 0 unspecified atom stereocenters. The van der Waals surface area contributed by atoms with Gasteiger partial charge in [-0.15, -0.1) is 0 Å². The van der Waals surface area contributed by atoms with E-state index >= 15 is 0 Å². The molecule has 1 saturated heterocycles. The van der Waals surface area contributed by atoms with Crippen molar-refractivity contribution in [1.29, 1.82) is 0 Å². The molecule has 2 atom stereocenters. The van der Waals surface area contributed by atoms with Gasteiger partial charge in [0.15, 0.2) is 0 Å². The van der Waals surface area contributed by atoms with E-state index in [9.17, 15) is 18.0 Å². The number of benzene rings is 1. The van der Waals surface area contributed by atoms with Crippen LogP contribution in [0.4, 0.5) is 4.79 Å². The fourth-order valence-corrected chi connectivity index (χ4v) is 2.59. The fraction of sp³-hybridized carbons (Fsp3) is 0.467. The summed E-state index contributed by atoms with van der Waals surface area (Å²) in [4.78, 5) is 23.4. The third-order valence-electron chi connectivity index (χ3n) is 3.31. The molecule has 8 nitrogen and oxygen atoms in total. The highest BCUT2D eigenvalue weighted by Crippen LogP contribution is 2.18. The Morgan fingerprint density at radius 1 is 1.33 bits per heavy atom. The molecule has 24 heavy (non-hydrogen) atoms. The zero-order chi connectivity index (χ0) is 17.6. The first-order chi connectivity index (χ1) is 11.3. The van der Waals surface area contributed by atoms with Crippen LogP contribution in [0.5, 0.6) is 0 Å². The molecule has 0 spiro atoms. The van der Waals surface area contributed by atoms with E-state index in [0.29, 0.717) is 0 Å². The Morgan fingerprint density at radius 3 is 2.71 bits per heavy atom. The summed E-state index contributed by atoms with van der Waals surface area (Å²) in [5, 5.41) is 2.44. The van der Waals surface area contributed by atoms with Gasteiger partial charge in [0.1, 0.15) is 18.8 Å². The van der Waals surface area contributed by atoms with Gasteiger partial charge in [-0.2, -0.15) is 8.42 Å². The van der Waals surface area contributed by atoms with Crippen LogP contribution in [0.25, 0.3) is 0 Å². The highest BCUT2D eigenvalue weighted by Gasteiger charge is 2.35. The molecule has 0 radical (unpaired) electrons. The van der Waals surface area contributed by atoms with E-state index in [1.165, 1.54) is 0 Å². The predicted octanol–water partition coefficient (Wildman–Crippen LogP) is 0.963. The maximum Gasteiger partial charge on any atom is 0.408 e. The van der Waals surface area contributed by atoms with Gasteiger partial charge in [-0.05, 0) is 5.56 Å². The van der Waals surface area contributed by atoms with Crippen molar-refractivity contribution in [3.8, 4) is 0 Å². The summed E-state index contributed by atoms with van der Waals surface area (Å²) < 4.78 is 36.4. The van der Waals surface area contributed by atoms with Gasteiger partial charge in [0.2, 0.25) is 0 Å². The molecule has 1 amide bonds. The summed E-state index contributed by atoms with van der Waals surface area (Å²) in [5.41, 5.74) is 0.831. The minimum Gasteiger partial charge on any atom is -0.461 e. The second kappa shape index (κ2) is 8.11. The predicted molar refractivity (Wildman–Crippen MR) is 83.5 cm³/mol. The highest BCUT2D eigenvalue weighted by molar-refractivity contribution is 7.85. The summed E-state index contributed by atoms with van der Waals surface area (Å²) in [6.07, 6.45) is 0.205. The third-order valence-corrected chi connectivity index (χ3v) is 3.90. The standard InChI is InChI=1S/C15H19NO7S/c1-24(19,20)22-8-7-12-9-13(14(17)23-12)16-15(18)21-10-11-5-3-2-4-6-11/h2-6,12-13H,7-10H2,1H3,(H,16,18)/t12-,13+/m0/s1. The Hall–Kier alpha value is -2.13. The molecule has 2 rings (SSSR count). The summed E-state index contributed by atoms with van der Waals surface area (Å²) >= 11 is 0. The van der Waals surface area contributed by atoms with Gasteiger partial charge in [0.05, 0.1) is 12.9 Å². The zero-order valence-corrected chi connectivity index (χ0v) is 14.0. The molecule has 0 aromatic heterocycles. The number of nitrogens with one attached hydrogen (secondary N) is 1. The van der Waals surface area contributed by atoms with Crippen molar-refractivity contribution in [1.82, 2.24) is 5.32 Å². The van der Waals surface area contributed by atoms with Crippen LogP contribution in [0.2, 0.25) is 0 Å². The molecule has 1 heterocycles. The van der Waals surface area contributed by atoms with E-state index in [2.05, 4.69) is 9.50 Å². The number of carbonyl (C=O) groups is 2. The van der Waals surface area contributed by atoms with Crippen LogP contribution in [0.3, 0.4) is 0 Å². The lowest BCUT2D eigenvalue weighted by Gasteiger charge is -2.10. The molecule has 1 aliphatic heterocycles. The Bertz CT molecular complexity index is 674. The van der Waals surface area contributed by atoms with Crippen molar-refractivity contribution in [2.24, 2.45) is 0 Å². The molecular weight excluding hydrogens is 338 g/mol. The maximum atomic E-state index is 11.7. The molecule has 1 aromatic rings. The molecule has 0 bridgehead atoms. The molecule has 1 aromatic carbocycles. The Kier molecular flexibility index (Phi) is 6.16. The van der Waals surface area contributed by atoms with E-state index in [0.717, 1.165) is 11.8 Å². The van der Waals surface area contributed by atoms with Crippen molar-refractivity contribution in [3.05, 3.63) is 35.9 Å². The molecule has 9 heteroatoms. The average molecular weight is 357 g/mol. The number of hydrogen-bond donors (Lipinski definition) is 1.